The second kappa shape index (κ2) is 7.64. The number of aliphatic carboxylic acids is 1. The maximum absolute atomic E-state index is 12.0. The van der Waals surface area contributed by atoms with Crippen molar-refractivity contribution in [3.63, 3.8) is 0 Å². The van der Waals surface area contributed by atoms with E-state index in [1.54, 1.807) is 19.1 Å². The Morgan fingerprint density at radius 2 is 2.05 bits per heavy atom. The number of nitrogens with one attached hydrogen (secondary N) is 1. The topological polar surface area (TPSA) is 92.7 Å². The molecule has 21 heavy (non-hydrogen) atoms. The highest BCUT2D eigenvalue weighted by Gasteiger charge is 2.22. The third-order valence-corrected chi connectivity index (χ3v) is 3.31. The van der Waals surface area contributed by atoms with Gasteiger partial charge in [0.15, 0.2) is 0 Å². The second-order valence-corrected chi connectivity index (χ2v) is 4.85. The Labute approximate surface area is 127 Å². The number of amides is 1. The van der Waals surface area contributed by atoms with Gasteiger partial charge in [-0.05, 0) is 31.0 Å². The minimum atomic E-state index is -1.22. The molecule has 0 fully saturated rings. The fourth-order valence-corrected chi connectivity index (χ4v) is 1.78. The smallest absolute Gasteiger partial charge is 0.326 e. The van der Waals surface area contributed by atoms with E-state index in [0.717, 1.165) is 5.56 Å². The summed E-state index contributed by atoms with van der Waals surface area (Å²) < 4.78 is 4.44. The zero-order valence-electron chi connectivity index (χ0n) is 11.7. The maximum Gasteiger partial charge on any atom is 0.326 e. The van der Waals surface area contributed by atoms with Crippen molar-refractivity contribution in [2.75, 3.05) is 7.11 Å². The highest BCUT2D eigenvalue weighted by molar-refractivity contribution is 6.31. The molecule has 0 aliphatic heterocycles. The lowest BCUT2D eigenvalue weighted by molar-refractivity contribution is -0.142. The Morgan fingerprint density at radius 3 is 2.57 bits per heavy atom. The summed E-state index contributed by atoms with van der Waals surface area (Å²) in [5, 5.41) is 11.8. The van der Waals surface area contributed by atoms with Crippen LogP contribution in [0.3, 0.4) is 0 Å². The van der Waals surface area contributed by atoms with Crippen molar-refractivity contribution in [2.45, 2.75) is 25.8 Å². The number of halogens is 1. The number of carboxylic acid groups (broad SMARTS) is 1. The van der Waals surface area contributed by atoms with Gasteiger partial charge in [-0.1, -0.05) is 17.7 Å². The van der Waals surface area contributed by atoms with Crippen LogP contribution in [0.4, 0.5) is 0 Å². The molecule has 1 atom stereocenters. The molecule has 114 valence electrons. The summed E-state index contributed by atoms with van der Waals surface area (Å²) in [6, 6.07) is 3.51. The molecule has 1 aromatic carbocycles. The average molecular weight is 314 g/mol. The van der Waals surface area contributed by atoms with Gasteiger partial charge in [-0.2, -0.15) is 0 Å². The molecule has 0 radical (unpaired) electrons. The van der Waals surface area contributed by atoms with Crippen molar-refractivity contribution in [1.29, 1.82) is 0 Å². The Kier molecular flexibility index (Phi) is 6.17. The summed E-state index contributed by atoms with van der Waals surface area (Å²) in [7, 11) is 1.21. The van der Waals surface area contributed by atoms with Crippen LogP contribution in [0.15, 0.2) is 18.2 Å². The number of methoxy groups -OCH3 is 1. The average Bonchev–Trinajstić information content (AvgIpc) is 2.45. The molecule has 1 aromatic rings. The van der Waals surface area contributed by atoms with Gasteiger partial charge in [0, 0.05) is 17.0 Å². The summed E-state index contributed by atoms with van der Waals surface area (Å²) >= 11 is 5.92. The predicted molar refractivity (Wildman–Crippen MR) is 76.3 cm³/mol. The van der Waals surface area contributed by atoms with Gasteiger partial charge in [0.2, 0.25) is 0 Å². The number of aryl methyl sites for hydroxylation is 1. The normalized spacial score (nSPS) is 11.6. The fraction of sp³-hybridized carbons (Fsp3) is 0.357. The van der Waals surface area contributed by atoms with E-state index < -0.39 is 23.9 Å². The zero-order valence-corrected chi connectivity index (χ0v) is 12.4. The molecule has 1 rings (SSSR count). The van der Waals surface area contributed by atoms with Crippen molar-refractivity contribution >= 4 is 29.4 Å². The molecule has 0 unspecified atom stereocenters. The van der Waals surface area contributed by atoms with Crippen LogP contribution < -0.4 is 5.32 Å². The fourth-order valence-electron chi connectivity index (χ4n) is 1.60. The number of ether oxygens (including phenoxy) is 1. The van der Waals surface area contributed by atoms with Crippen molar-refractivity contribution in [1.82, 2.24) is 5.32 Å². The second-order valence-electron chi connectivity index (χ2n) is 4.44. The largest absolute Gasteiger partial charge is 0.480 e. The summed E-state index contributed by atoms with van der Waals surface area (Å²) in [5.74, 6) is -2.31. The monoisotopic (exact) mass is 313 g/mol. The van der Waals surface area contributed by atoms with Gasteiger partial charge in [0.1, 0.15) is 6.04 Å². The first-order valence-corrected chi connectivity index (χ1v) is 6.59. The standard InChI is InChI=1S/C14H16ClNO5/c1-8-3-4-9(7-10(8)15)13(18)16-11(14(19)20)5-6-12(17)21-2/h3-4,7,11H,5-6H2,1-2H3,(H,16,18)(H,19,20)/t11-/m0/s1. The molecular weight excluding hydrogens is 298 g/mol. The lowest BCUT2D eigenvalue weighted by Crippen LogP contribution is -2.41. The van der Waals surface area contributed by atoms with E-state index in [1.165, 1.54) is 13.2 Å². The van der Waals surface area contributed by atoms with Crippen LogP contribution in [0.1, 0.15) is 28.8 Å². The molecule has 0 saturated carbocycles. The van der Waals surface area contributed by atoms with Crippen LogP contribution in [0, 0.1) is 6.92 Å². The third-order valence-electron chi connectivity index (χ3n) is 2.90. The van der Waals surface area contributed by atoms with Gasteiger partial charge in [0.25, 0.3) is 5.91 Å². The highest BCUT2D eigenvalue weighted by atomic mass is 35.5. The van der Waals surface area contributed by atoms with E-state index in [9.17, 15) is 14.4 Å². The number of hydrogen-bond acceptors (Lipinski definition) is 4. The number of hydrogen-bond donors (Lipinski definition) is 2. The summed E-state index contributed by atoms with van der Waals surface area (Å²) in [5.41, 5.74) is 1.07. The molecule has 1 amide bonds. The molecule has 0 bridgehead atoms. The van der Waals surface area contributed by atoms with E-state index in [4.69, 9.17) is 16.7 Å². The minimum absolute atomic E-state index is 0.0483. The number of benzene rings is 1. The van der Waals surface area contributed by atoms with Crippen LogP contribution >= 0.6 is 11.6 Å². The Hall–Kier alpha value is -2.08. The molecule has 0 aliphatic carbocycles. The van der Waals surface area contributed by atoms with Gasteiger partial charge >= 0.3 is 11.9 Å². The first kappa shape index (κ1) is 17.0. The first-order chi connectivity index (χ1) is 9.85. The molecular formula is C14H16ClNO5. The zero-order chi connectivity index (χ0) is 16.0. The summed E-state index contributed by atoms with van der Waals surface area (Å²) in [6.07, 6.45) is -0.143. The summed E-state index contributed by atoms with van der Waals surface area (Å²) in [6.45, 7) is 1.79. The number of carbonyl (C=O) groups is 3. The molecule has 7 heteroatoms. The number of carbonyl (C=O) groups excluding carboxylic acids is 2. The predicted octanol–water partition coefficient (Wildman–Crippen LogP) is 1.78. The van der Waals surface area contributed by atoms with Crippen molar-refractivity contribution in [2.24, 2.45) is 0 Å². The van der Waals surface area contributed by atoms with Crippen LogP contribution in [0.5, 0.6) is 0 Å². The van der Waals surface area contributed by atoms with Gasteiger partial charge in [-0.3, -0.25) is 9.59 Å². The Bertz CT molecular complexity index is 558. The van der Waals surface area contributed by atoms with Gasteiger partial charge in [-0.15, -0.1) is 0 Å². The van der Waals surface area contributed by atoms with Crippen molar-refractivity contribution in [3.05, 3.63) is 34.3 Å². The lowest BCUT2D eigenvalue weighted by Gasteiger charge is -2.14. The van der Waals surface area contributed by atoms with Crippen LogP contribution in [0.2, 0.25) is 5.02 Å². The van der Waals surface area contributed by atoms with E-state index in [-0.39, 0.29) is 18.4 Å². The Balaban J connectivity index is 2.74. The van der Waals surface area contributed by atoms with Gasteiger partial charge in [0.05, 0.1) is 7.11 Å². The lowest BCUT2D eigenvalue weighted by atomic mass is 10.1. The number of esters is 1. The molecule has 0 saturated heterocycles. The molecule has 2 N–H and O–H groups in total. The number of rotatable bonds is 6. The summed E-state index contributed by atoms with van der Waals surface area (Å²) in [4.78, 5) is 34.1. The SMILES string of the molecule is COC(=O)CC[C@H](NC(=O)c1ccc(C)c(Cl)c1)C(=O)O. The van der Waals surface area contributed by atoms with E-state index >= 15 is 0 Å². The molecule has 0 aliphatic rings. The van der Waals surface area contributed by atoms with Crippen LogP contribution in [0.25, 0.3) is 0 Å². The highest BCUT2D eigenvalue weighted by Crippen LogP contribution is 2.16. The van der Waals surface area contributed by atoms with Gasteiger partial charge in [-0.25, -0.2) is 4.79 Å². The van der Waals surface area contributed by atoms with E-state index in [0.29, 0.717) is 5.02 Å². The van der Waals surface area contributed by atoms with E-state index in [1.807, 2.05) is 0 Å². The maximum atomic E-state index is 12.0. The van der Waals surface area contributed by atoms with Gasteiger partial charge < -0.3 is 15.2 Å². The molecule has 0 spiro atoms. The number of carboxylic acids is 1. The molecule has 0 aromatic heterocycles. The van der Waals surface area contributed by atoms with Crippen molar-refractivity contribution in [3.8, 4) is 0 Å². The molecule has 0 heterocycles. The first-order valence-electron chi connectivity index (χ1n) is 6.21. The molecule has 6 nitrogen and oxygen atoms in total. The van der Waals surface area contributed by atoms with Crippen LogP contribution in [-0.4, -0.2) is 36.1 Å². The van der Waals surface area contributed by atoms with E-state index in [2.05, 4.69) is 10.1 Å². The Morgan fingerprint density at radius 1 is 1.38 bits per heavy atom. The van der Waals surface area contributed by atoms with Crippen LogP contribution in [-0.2, 0) is 14.3 Å². The van der Waals surface area contributed by atoms with Crippen molar-refractivity contribution < 1.29 is 24.2 Å². The quantitative estimate of drug-likeness (QED) is 0.781. The third kappa shape index (κ3) is 5.07. The minimum Gasteiger partial charge on any atom is -0.480 e.